The second kappa shape index (κ2) is 8.55. The standard InChI is InChI=1S/C29H32N2/c1-19(2)25-21(5)27(23-13-9-7-10-14-23)22(6)26(20(3)4)28(25)31-18-17-30-29(31)24-15-11-8-12-16-24/h7-20H,1-6H3. The van der Waals surface area contributed by atoms with Gasteiger partial charge in [0, 0.05) is 18.0 Å². The van der Waals surface area contributed by atoms with E-state index in [0.29, 0.717) is 11.8 Å². The van der Waals surface area contributed by atoms with Gasteiger partial charge in [0.2, 0.25) is 0 Å². The summed E-state index contributed by atoms with van der Waals surface area (Å²) in [5.74, 6) is 1.78. The van der Waals surface area contributed by atoms with E-state index in [-0.39, 0.29) is 0 Å². The van der Waals surface area contributed by atoms with Gasteiger partial charge in [0.15, 0.2) is 0 Å². The zero-order valence-corrected chi connectivity index (χ0v) is 19.5. The van der Waals surface area contributed by atoms with Crippen LogP contribution in [0.1, 0.15) is 61.8 Å². The van der Waals surface area contributed by atoms with Gasteiger partial charge in [-0.25, -0.2) is 4.98 Å². The van der Waals surface area contributed by atoms with Crippen molar-refractivity contribution in [3.05, 3.63) is 95.3 Å². The van der Waals surface area contributed by atoms with Crippen molar-refractivity contribution in [2.45, 2.75) is 53.4 Å². The molecule has 4 rings (SSSR count). The number of rotatable bonds is 5. The second-order valence-corrected chi connectivity index (χ2v) is 8.96. The summed E-state index contributed by atoms with van der Waals surface area (Å²) in [5, 5.41) is 0. The van der Waals surface area contributed by atoms with Crippen molar-refractivity contribution in [3.63, 3.8) is 0 Å². The van der Waals surface area contributed by atoms with Gasteiger partial charge >= 0.3 is 0 Å². The van der Waals surface area contributed by atoms with Gasteiger partial charge < -0.3 is 0 Å². The molecule has 2 heteroatoms. The van der Waals surface area contributed by atoms with E-state index < -0.39 is 0 Å². The Hall–Kier alpha value is -3.13. The van der Waals surface area contributed by atoms with Crippen molar-refractivity contribution in [2.75, 3.05) is 0 Å². The van der Waals surface area contributed by atoms with Crippen LogP contribution in [0.2, 0.25) is 0 Å². The summed E-state index contributed by atoms with van der Waals surface area (Å²) >= 11 is 0. The van der Waals surface area contributed by atoms with Crippen LogP contribution in [0, 0.1) is 13.8 Å². The third-order valence-corrected chi connectivity index (χ3v) is 6.20. The molecule has 2 nitrogen and oxygen atoms in total. The zero-order valence-electron chi connectivity index (χ0n) is 19.5. The van der Waals surface area contributed by atoms with Crippen LogP contribution in [0.5, 0.6) is 0 Å². The number of aromatic nitrogens is 2. The van der Waals surface area contributed by atoms with Crippen molar-refractivity contribution in [1.82, 2.24) is 9.55 Å². The molecule has 0 spiro atoms. The third-order valence-electron chi connectivity index (χ3n) is 6.20. The van der Waals surface area contributed by atoms with Gasteiger partial charge in [0.05, 0.1) is 5.69 Å². The number of imidazole rings is 1. The molecule has 0 atom stereocenters. The summed E-state index contributed by atoms with van der Waals surface area (Å²) in [4.78, 5) is 4.77. The molecule has 0 saturated carbocycles. The molecule has 0 aliphatic heterocycles. The van der Waals surface area contributed by atoms with Crippen LogP contribution in [-0.2, 0) is 0 Å². The monoisotopic (exact) mass is 408 g/mol. The molecule has 4 aromatic rings. The minimum Gasteiger partial charge on any atom is -0.299 e. The highest BCUT2D eigenvalue weighted by molar-refractivity contribution is 5.79. The molecule has 31 heavy (non-hydrogen) atoms. The van der Waals surface area contributed by atoms with Gasteiger partial charge in [0.1, 0.15) is 5.82 Å². The molecule has 0 radical (unpaired) electrons. The first-order valence-electron chi connectivity index (χ1n) is 11.2. The molecule has 0 aliphatic carbocycles. The first-order valence-corrected chi connectivity index (χ1v) is 11.2. The van der Waals surface area contributed by atoms with Crippen LogP contribution in [0.15, 0.2) is 73.1 Å². The first kappa shape index (κ1) is 21.1. The lowest BCUT2D eigenvalue weighted by molar-refractivity contribution is 0.795. The lowest BCUT2D eigenvalue weighted by atomic mass is 9.80. The van der Waals surface area contributed by atoms with E-state index in [9.17, 15) is 0 Å². The van der Waals surface area contributed by atoms with Gasteiger partial charge in [-0.15, -0.1) is 0 Å². The number of benzene rings is 3. The molecule has 3 aromatic carbocycles. The molecule has 0 bridgehead atoms. The molecular weight excluding hydrogens is 376 g/mol. The second-order valence-electron chi connectivity index (χ2n) is 8.96. The van der Waals surface area contributed by atoms with Crippen molar-refractivity contribution in [2.24, 2.45) is 0 Å². The quantitative estimate of drug-likeness (QED) is 0.326. The summed E-state index contributed by atoms with van der Waals surface area (Å²) in [6.45, 7) is 13.8. The van der Waals surface area contributed by atoms with Crippen molar-refractivity contribution < 1.29 is 0 Å². The number of hydrogen-bond donors (Lipinski definition) is 0. The largest absolute Gasteiger partial charge is 0.299 e. The molecule has 0 unspecified atom stereocenters. The van der Waals surface area contributed by atoms with E-state index in [1.807, 2.05) is 6.20 Å². The minimum atomic E-state index is 0.390. The Labute approximate surface area is 186 Å². The molecule has 0 saturated heterocycles. The van der Waals surface area contributed by atoms with Crippen LogP contribution < -0.4 is 0 Å². The predicted octanol–water partition coefficient (Wildman–Crippen LogP) is 8.07. The highest BCUT2D eigenvalue weighted by atomic mass is 15.1. The molecule has 0 aliphatic rings. The van der Waals surface area contributed by atoms with Gasteiger partial charge in [-0.3, -0.25) is 4.57 Å². The summed E-state index contributed by atoms with van der Waals surface area (Å²) in [5.41, 5.74) is 10.7. The lowest BCUT2D eigenvalue weighted by Crippen LogP contribution is -2.13. The van der Waals surface area contributed by atoms with Crippen molar-refractivity contribution in [3.8, 4) is 28.2 Å². The first-order chi connectivity index (χ1) is 14.9. The fourth-order valence-corrected chi connectivity index (χ4v) is 5.05. The maximum absolute atomic E-state index is 4.77. The SMILES string of the molecule is Cc1c(-c2ccccc2)c(C)c(C(C)C)c(-n2ccnc2-c2ccccc2)c1C(C)C. The van der Waals surface area contributed by atoms with Crippen LogP contribution in [0.25, 0.3) is 28.2 Å². The summed E-state index contributed by atoms with van der Waals surface area (Å²) in [7, 11) is 0. The van der Waals surface area contributed by atoms with Gasteiger partial charge in [-0.1, -0.05) is 88.4 Å². The Bertz CT molecular complexity index is 1150. The summed E-state index contributed by atoms with van der Waals surface area (Å²) in [6, 6.07) is 21.3. The summed E-state index contributed by atoms with van der Waals surface area (Å²) < 4.78 is 2.31. The Kier molecular flexibility index (Phi) is 5.82. The van der Waals surface area contributed by atoms with Crippen LogP contribution in [-0.4, -0.2) is 9.55 Å². The number of nitrogens with zero attached hydrogens (tertiary/aromatic N) is 2. The predicted molar refractivity (Wildman–Crippen MR) is 132 cm³/mol. The highest BCUT2D eigenvalue weighted by Gasteiger charge is 2.26. The van der Waals surface area contributed by atoms with E-state index in [2.05, 4.69) is 113 Å². The smallest absolute Gasteiger partial charge is 0.144 e. The van der Waals surface area contributed by atoms with E-state index in [1.165, 1.54) is 39.1 Å². The molecule has 0 fully saturated rings. The zero-order chi connectivity index (χ0) is 22.1. The fourth-order valence-electron chi connectivity index (χ4n) is 5.05. The molecular formula is C29H32N2. The molecule has 1 aromatic heterocycles. The minimum absolute atomic E-state index is 0.390. The van der Waals surface area contributed by atoms with E-state index in [1.54, 1.807) is 0 Å². The van der Waals surface area contributed by atoms with Crippen molar-refractivity contribution in [1.29, 1.82) is 0 Å². The van der Waals surface area contributed by atoms with E-state index >= 15 is 0 Å². The third kappa shape index (κ3) is 3.72. The molecule has 0 N–H and O–H groups in total. The van der Waals surface area contributed by atoms with Gasteiger partial charge in [-0.05, 0) is 59.1 Å². The Morgan fingerprint density at radius 3 is 1.65 bits per heavy atom. The van der Waals surface area contributed by atoms with E-state index in [0.717, 1.165) is 11.4 Å². The van der Waals surface area contributed by atoms with Gasteiger partial charge in [0.25, 0.3) is 0 Å². The van der Waals surface area contributed by atoms with Crippen LogP contribution >= 0.6 is 0 Å². The molecule has 158 valence electrons. The number of hydrogen-bond acceptors (Lipinski definition) is 1. The normalized spacial score (nSPS) is 11.5. The highest BCUT2D eigenvalue weighted by Crippen LogP contribution is 2.43. The maximum Gasteiger partial charge on any atom is 0.144 e. The van der Waals surface area contributed by atoms with Crippen molar-refractivity contribution >= 4 is 0 Å². The van der Waals surface area contributed by atoms with Crippen LogP contribution in [0.3, 0.4) is 0 Å². The Morgan fingerprint density at radius 1 is 0.677 bits per heavy atom. The molecule has 0 amide bonds. The summed E-state index contributed by atoms with van der Waals surface area (Å²) in [6.07, 6.45) is 4.04. The molecule has 1 heterocycles. The van der Waals surface area contributed by atoms with Gasteiger partial charge in [-0.2, -0.15) is 0 Å². The average Bonchev–Trinajstić information content (AvgIpc) is 3.23. The Balaban J connectivity index is 2.11. The average molecular weight is 409 g/mol. The lowest BCUT2D eigenvalue weighted by Gasteiger charge is -2.29. The topological polar surface area (TPSA) is 17.8 Å². The van der Waals surface area contributed by atoms with E-state index in [4.69, 9.17) is 4.98 Å². The Morgan fingerprint density at radius 2 is 1.16 bits per heavy atom. The fraction of sp³-hybridized carbons (Fsp3) is 0.276. The maximum atomic E-state index is 4.77. The van der Waals surface area contributed by atoms with Crippen LogP contribution in [0.4, 0.5) is 0 Å².